The molecule has 1 aromatic carbocycles. The number of halogens is 3. The van der Waals surface area contributed by atoms with Crippen molar-refractivity contribution >= 4 is 17.4 Å². The molecule has 0 aliphatic heterocycles. The minimum Gasteiger partial charge on any atom is -0.385 e. The van der Waals surface area contributed by atoms with Crippen LogP contribution in [-0.4, -0.2) is 31.2 Å². The second-order valence-corrected chi connectivity index (χ2v) is 4.88. The molecule has 2 N–H and O–H groups in total. The molecule has 2 rings (SSSR count). The molecule has 8 heteroatoms. The largest absolute Gasteiger partial charge is 0.385 e. The molecule has 0 spiro atoms. The fourth-order valence-corrected chi connectivity index (χ4v) is 1.88. The number of carbonyl (C=O) groups excluding carboxylic acids is 1. The second kappa shape index (κ2) is 8.30. The van der Waals surface area contributed by atoms with E-state index in [1.807, 2.05) is 0 Å². The van der Waals surface area contributed by atoms with E-state index in [1.165, 1.54) is 12.3 Å². The number of hydrogen-bond acceptors (Lipinski definition) is 4. The lowest BCUT2D eigenvalue weighted by Gasteiger charge is -2.08. The summed E-state index contributed by atoms with van der Waals surface area (Å²) >= 11 is 0. The first-order valence-electron chi connectivity index (χ1n) is 7.16. The maximum atomic E-state index is 13.5. The molecule has 0 atom stereocenters. The SMILES string of the molecule is COCCCNc1ccc(C(=O)Nc2ccc(F)c(F)c2F)cn1. The van der Waals surface area contributed by atoms with Crippen molar-refractivity contribution in [3.05, 3.63) is 53.5 Å². The van der Waals surface area contributed by atoms with Gasteiger partial charge in [-0.2, -0.15) is 0 Å². The van der Waals surface area contributed by atoms with Gasteiger partial charge in [0.1, 0.15) is 5.82 Å². The number of nitrogens with one attached hydrogen (secondary N) is 2. The van der Waals surface area contributed by atoms with Gasteiger partial charge in [-0.25, -0.2) is 18.2 Å². The summed E-state index contributed by atoms with van der Waals surface area (Å²) in [4.78, 5) is 16.1. The highest BCUT2D eigenvalue weighted by Gasteiger charge is 2.16. The average molecular weight is 339 g/mol. The maximum absolute atomic E-state index is 13.5. The Hall–Kier alpha value is -2.61. The molecular weight excluding hydrogens is 323 g/mol. The van der Waals surface area contributed by atoms with Gasteiger partial charge in [-0.15, -0.1) is 0 Å². The Morgan fingerprint density at radius 2 is 1.96 bits per heavy atom. The summed E-state index contributed by atoms with van der Waals surface area (Å²) in [6, 6.07) is 4.76. The Morgan fingerprint density at radius 3 is 2.62 bits per heavy atom. The van der Waals surface area contributed by atoms with E-state index in [2.05, 4.69) is 15.6 Å². The van der Waals surface area contributed by atoms with Crippen LogP contribution in [0.2, 0.25) is 0 Å². The van der Waals surface area contributed by atoms with E-state index in [9.17, 15) is 18.0 Å². The van der Waals surface area contributed by atoms with Crippen LogP contribution in [0.1, 0.15) is 16.8 Å². The van der Waals surface area contributed by atoms with Crippen molar-refractivity contribution in [2.24, 2.45) is 0 Å². The van der Waals surface area contributed by atoms with Crippen LogP contribution in [0.15, 0.2) is 30.5 Å². The minimum atomic E-state index is -1.64. The van der Waals surface area contributed by atoms with E-state index in [1.54, 1.807) is 13.2 Å². The van der Waals surface area contributed by atoms with Crippen molar-refractivity contribution in [3.8, 4) is 0 Å². The Balaban J connectivity index is 1.99. The number of methoxy groups -OCH3 is 1. The Morgan fingerprint density at radius 1 is 1.17 bits per heavy atom. The zero-order valence-corrected chi connectivity index (χ0v) is 12.9. The molecule has 0 saturated heterocycles. The van der Waals surface area contributed by atoms with Crippen molar-refractivity contribution in [2.45, 2.75) is 6.42 Å². The van der Waals surface area contributed by atoms with E-state index < -0.39 is 29.0 Å². The molecule has 5 nitrogen and oxygen atoms in total. The molecule has 0 unspecified atom stereocenters. The van der Waals surface area contributed by atoms with Crippen LogP contribution in [0.3, 0.4) is 0 Å². The highest BCUT2D eigenvalue weighted by Crippen LogP contribution is 2.20. The summed E-state index contributed by atoms with van der Waals surface area (Å²) in [7, 11) is 1.61. The summed E-state index contributed by atoms with van der Waals surface area (Å²) in [5.41, 5.74) is -0.290. The van der Waals surface area contributed by atoms with Gasteiger partial charge in [0, 0.05) is 26.5 Å². The molecule has 0 radical (unpaired) electrons. The van der Waals surface area contributed by atoms with Crippen molar-refractivity contribution in [1.82, 2.24) is 4.98 Å². The third-order valence-electron chi connectivity index (χ3n) is 3.14. The lowest BCUT2D eigenvalue weighted by atomic mass is 10.2. The molecule has 128 valence electrons. The summed E-state index contributed by atoms with van der Waals surface area (Å²) in [5.74, 6) is -4.52. The number of benzene rings is 1. The number of amides is 1. The predicted molar refractivity (Wildman–Crippen MR) is 83.5 cm³/mol. The lowest BCUT2D eigenvalue weighted by molar-refractivity contribution is 0.102. The summed E-state index contributed by atoms with van der Waals surface area (Å²) in [6.45, 7) is 1.28. The van der Waals surface area contributed by atoms with Crippen LogP contribution in [-0.2, 0) is 4.74 Å². The van der Waals surface area contributed by atoms with Gasteiger partial charge in [0.25, 0.3) is 5.91 Å². The van der Waals surface area contributed by atoms with Gasteiger partial charge in [0.15, 0.2) is 17.5 Å². The number of ether oxygens (including phenoxy) is 1. The number of anilines is 2. The highest BCUT2D eigenvalue weighted by molar-refractivity contribution is 6.04. The second-order valence-electron chi connectivity index (χ2n) is 4.88. The van der Waals surface area contributed by atoms with Gasteiger partial charge >= 0.3 is 0 Å². The van der Waals surface area contributed by atoms with E-state index in [-0.39, 0.29) is 5.56 Å². The van der Waals surface area contributed by atoms with E-state index in [0.717, 1.165) is 18.6 Å². The number of rotatable bonds is 7. The molecule has 0 saturated carbocycles. The van der Waals surface area contributed by atoms with Crippen molar-refractivity contribution in [3.63, 3.8) is 0 Å². The Kier molecular flexibility index (Phi) is 6.14. The van der Waals surface area contributed by atoms with Gasteiger partial charge in [-0.05, 0) is 30.7 Å². The molecule has 24 heavy (non-hydrogen) atoms. The first-order chi connectivity index (χ1) is 11.5. The first-order valence-corrected chi connectivity index (χ1v) is 7.16. The highest BCUT2D eigenvalue weighted by atomic mass is 19.2. The Labute approximate surface area is 136 Å². The molecular formula is C16H16F3N3O2. The number of hydrogen-bond donors (Lipinski definition) is 2. The lowest BCUT2D eigenvalue weighted by Crippen LogP contribution is -2.14. The van der Waals surface area contributed by atoms with Crippen LogP contribution in [0, 0.1) is 17.5 Å². The van der Waals surface area contributed by atoms with Crippen LogP contribution >= 0.6 is 0 Å². The molecule has 1 amide bonds. The van der Waals surface area contributed by atoms with Crippen LogP contribution in [0.5, 0.6) is 0 Å². The average Bonchev–Trinajstić information content (AvgIpc) is 2.59. The van der Waals surface area contributed by atoms with Crippen molar-refractivity contribution < 1.29 is 22.7 Å². The smallest absolute Gasteiger partial charge is 0.257 e. The third kappa shape index (κ3) is 4.45. The number of aromatic nitrogens is 1. The van der Waals surface area contributed by atoms with Gasteiger partial charge in [0.05, 0.1) is 11.3 Å². The van der Waals surface area contributed by atoms with Gasteiger partial charge in [-0.3, -0.25) is 4.79 Å². The zero-order valence-electron chi connectivity index (χ0n) is 12.9. The quantitative estimate of drug-likeness (QED) is 0.601. The number of pyridine rings is 1. The van der Waals surface area contributed by atoms with Crippen LogP contribution in [0.4, 0.5) is 24.7 Å². The predicted octanol–water partition coefficient (Wildman–Crippen LogP) is 3.20. The monoisotopic (exact) mass is 339 g/mol. The molecule has 2 aromatic rings. The maximum Gasteiger partial charge on any atom is 0.257 e. The van der Waals surface area contributed by atoms with Gasteiger partial charge in [-0.1, -0.05) is 0 Å². The van der Waals surface area contributed by atoms with Gasteiger partial charge < -0.3 is 15.4 Å². The van der Waals surface area contributed by atoms with Crippen LogP contribution < -0.4 is 10.6 Å². The fourth-order valence-electron chi connectivity index (χ4n) is 1.88. The molecule has 1 heterocycles. The third-order valence-corrected chi connectivity index (χ3v) is 3.14. The normalized spacial score (nSPS) is 10.5. The molecule has 0 bridgehead atoms. The van der Waals surface area contributed by atoms with Crippen LogP contribution in [0.25, 0.3) is 0 Å². The summed E-state index contributed by atoms with van der Waals surface area (Å²) < 4.78 is 44.5. The number of carbonyl (C=O) groups is 1. The van der Waals surface area contributed by atoms with Crippen molar-refractivity contribution in [1.29, 1.82) is 0 Å². The van der Waals surface area contributed by atoms with E-state index in [4.69, 9.17) is 4.74 Å². The number of nitrogens with zero attached hydrogens (tertiary/aromatic N) is 1. The molecule has 0 aliphatic rings. The molecule has 0 fully saturated rings. The van der Waals surface area contributed by atoms with E-state index >= 15 is 0 Å². The van der Waals surface area contributed by atoms with Gasteiger partial charge in [0.2, 0.25) is 0 Å². The van der Waals surface area contributed by atoms with E-state index in [0.29, 0.717) is 19.0 Å². The minimum absolute atomic E-state index is 0.154. The standard InChI is InChI=1S/C16H16F3N3O2/c1-24-8-2-7-20-13-6-3-10(9-21-13)16(23)22-12-5-4-11(17)14(18)15(12)19/h3-6,9H,2,7-8H2,1H3,(H,20,21)(H,22,23). The summed E-state index contributed by atoms with van der Waals surface area (Å²) in [6.07, 6.45) is 2.10. The summed E-state index contributed by atoms with van der Waals surface area (Å²) in [5, 5.41) is 5.22. The zero-order chi connectivity index (χ0) is 17.5. The molecule has 0 aliphatic carbocycles. The first kappa shape index (κ1) is 17.7. The van der Waals surface area contributed by atoms with Crippen molar-refractivity contribution in [2.75, 3.05) is 30.9 Å². The fraction of sp³-hybridized carbons (Fsp3) is 0.250. The molecule has 1 aromatic heterocycles. The Bertz CT molecular complexity index is 708. The topological polar surface area (TPSA) is 63.2 Å².